The van der Waals surface area contributed by atoms with Gasteiger partial charge in [-0.1, -0.05) is 36.4 Å². The summed E-state index contributed by atoms with van der Waals surface area (Å²) in [6.07, 6.45) is 0.0437. The molecule has 7 heteroatoms. The van der Waals surface area contributed by atoms with Crippen LogP contribution >= 0.6 is 0 Å². The first kappa shape index (κ1) is 19.2. The van der Waals surface area contributed by atoms with Gasteiger partial charge in [-0.25, -0.2) is 9.18 Å². The summed E-state index contributed by atoms with van der Waals surface area (Å²) in [7, 11) is 3.01. The van der Waals surface area contributed by atoms with E-state index in [2.05, 4.69) is 5.32 Å². The zero-order valence-corrected chi connectivity index (χ0v) is 14.7. The van der Waals surface area contributed by atoms with E-state index in [1.807, 2.05) is 30.3 Å². The number of methoxy groups -OCH3 is 1. The highest BCUT2D eigenvalue weighted by Crippen LogP contribution is 2.20. The molecule has 3 N–H and O–H groups in total. The molecule has 0 radical (unpaired) electrons. The summed E-state index contributed by atoms with van der Waals surface area (Å²) in [5, 5.41) is 2.58. The first-order valence-corrected chi connectivity index (χ1v) is 8.08. The molecule has 26 heavy (non-hydrogen) atoms. The summed E-state index contributed by atoms with van der Waals surface area (Å²) < 4.78 is 18.7. The van der Waals surface area contributed by atoms with Crippen molar-refractivity contribution in [2.45, 2.75) is 19.0 Å². The Morgan fingerprint density at radius 1 is 1.23 bits per heavy atom. The van der Waals surface area contributed by atoms with Crippen LogP contribution in [0.3, 0.4) is 0 Å². The van der Waals surface area contributed by atoms with Crippen LogP contribution in [-0.2, 0) is 11.3 Å². The number of rotatable bonds is 7. The zero-order valence-electron chi connectivity index (χ0n) is 14.7. The van der Waals surface area contributed by atoms with E-state index in [4.69, 9.17) is 10.5 Å². The van der Waals surface area contributed by atoms with Crippen LogP contribution in [0.5, 0.6) is 5.75 Å². The minimum Gasteiger partial charge on any atom is -0.494 e. The van der Waals surface area contributed by atoms with Crippen LogP contribution in [0.4, 0.5) is 9.18 Å². The van der Waals surface area contributed by atoms with Gasteiger partial charge in [0.2, 0.25) is 5.91 Å². The van der Waals surface area contributed by atoms with Gasteiger partial charge in [0, 0.05) is 13.6 Å². The minimum absolute atomic E-state index is 0.0437. The van der Waals surface area contributed by atoms with Crippen molar-refractivity contribution < 1.29 is 18.7 Å². The Hall–Kier alpha value is -3.09. The van der Waals surface area contributed by atoms with Crippen molar-refractivity contribution >= 4 is 11.9 Å². The van der Waals surface area contributed by atoms with Crippen LogP contribution in [0.1, 0.15) is 23.6 Å². The third kappa shape index (κ3) is 5.20. The van der Waals surface area contributed by atoms with E-state index in [-0.39, 0.29) is 24.6 Å². The lowest BCUT2D eigenvalue weighted by atomic mass is 10.0. The summed E-state index contributed by atoms with van der Waals surface area (Å²) in [4.78, 5) is 25.3. The Balaban J connectivity index is 2.06. The lowest BCUT2D eigenvalue weighted by Gasteiger charge is -2.22. The fourth-order valence-electron chi connectivity index (χ4n) is 2.61. The highest BCUT2D eigenvalue weighted by molar-refractivity contribution is 5.78. The second-order valence-electron chi connectivity index (χ2n) is 5.89. The van der Waals surface area contributed by atoms with Crippen molar-refractivity contribution in [1.29, 1.82) is 0 Å². The standard InChI is InChI=1S/C19H22FN3O3/c1-23(12-13-8-9-17(26-2)15(20)10-13)18(24)11-16(22-19(21)25)14-6-4-3-5-7-14/h3-10,16H,11-12H2,1-2H3,(H3,21,22,25)/t16-/m0/s1. The van der Waals surface area contributed by atoms with Crippen LogP contribution in [0.25, 0.3) is 0 Å². The monoisotopic (exact) mass is 359 g/mol. The van der Waals surface area contributed by atoms with Crippen LogP contribution in [0.2, 0.25) is 0 Å². The van der Waals surface area contributed by atoms with Crippen LogP contribution in [0.15, 0.2) is 48.5 Å². The summed E-state index contributed by atoms with van der Waals surface area (Å²) >= 11 is 0. The molecule has 2 aromatic carbocycles. The maximum Gasteiger partial charge on any atom is 0.312 e. The van der Waals surface area contributed by atoms with E-state index in [0.717, 1.165) is 5.56 Å². The van der Waals surface area contributed by atoms with Crippen molar-refractivity contribution in [3.63, 3.8) is 0 Å². The predicted molar refractivity (Wildman–Crippen MR) is 95.9 cm³/mol. The second-order valence-corrected chi connectivity index (χ2v) is 5.89. The number of hydrogen-bond acceptors (Lipinski definition) is 3. The molecule has 0 spiro atoms. The van der Waals surface area contributed by atoms with Crippen molar-refractivity contribution in [2.24, 2.45) is 5.73 Å². The van der Waals surface area contributed by atoms with Gasteiger partial charge in [0.15, 0.2) is 11.6 Å². The summed E-state index contributed by atoms with van der Waals surface area (Å²) in [5.74, 6) is -0.537. The molecule has 0 aromatic heterocycles. The van der Waals surface area contributed by atoms with Crippen LogP contribution in [0, 0.1) is 5.82 Å². The first-order valence-electron chi connectivity index (χ1n) is 8.08. The van der Waals surface area contributed by atoms with Gasteiger partial charge in [-0.3, -0.25) is 4.79 Å². The van der Waals surface area contributed by atoms with E-state index in [1.54, 1.807) is 13.1 Å². The molecule has 0 aliphatic rings. The Bertz CT molecular complexity index is 768. The maximum absolute atomic E-state index is 13.8. The third-order valence-corrected chi connectivity index (χ3v) is 3.96. The van der Waals surface area contributed by atoms with Gasteiger partial charge in [-0.15, -0.1) is 0 Å². The number of amides is 3. The Morgan fingerprint density at radius 3 is 2.50 bits per heavy atom. The van der Waals surface area contributed by atoms with Crippen LogP contribution < -0.4 is 15.8 Å². The Kier molecular flexibility index (Phi) is 6.54. The van der Waals surface area contributed by atoms with E-state index in [0.29, 0.717) is 5.56 Å². The molecule has 0 unspecified atom stereocenters. The summed E-state index contributed by atoms with van der Waals surface area (Å²) in [6.45, 7) is 0.234. The molecular weight excluding hydrogens is 337 g/mol. The molecule has 3 amide bonds. The Morgan fingerprint density at radius 2 is 1.92 bits per heavy atom. The number of nitrogens with one attached hydrogen (secondary N) is 1. The molecule has 1 atom stereocenters. The SMILES string of the molecule is COc1ccc(CN(C)C(=O)C[C@H](NC(N)=O)c2ccccc2)cc1F. The molecule has 0 fully saturated rings. The van der Waals surface area contributed by atoms with Crippen LogP contribution in [-0.4, -0.2) is 31.0 Å². The number of primary amides is 1. The quantitative estimate of drug-likeness (QED) is 0.797. The fourth-order valence-corrected chi connectivity index (χ4v) is 2.61. The third-order valence-electron chi connectivity index (χ3n) is 3.96. The van der Waals surface area contributed by atoms with Gasteiger partial charge < -0.3 is 20.7 Å². The number of urea groups is 1. The number of nitrogens with two attached hydrogens (primary N) is 1. The van der Waals surface area contributed by atoms with E-state index >= 15 is 0 Å². The van der Waals surface area contributed by atoms with Gasteiger partial charge in [0.05, 0.1) is 19.6 Å². The van der Waals surface area contributed by atoms with Gasteiger partial charge in [0.25, 0.3) is 0 Å². The molecule has 0 aliphatic carbocycles. The highest BCUT2D eigenvalue weighted by atomic mass is 19.1. The lowest BCUT2D eigenvalue weighted by Crippen LogP contribution is -2.37. The molecule has 6 nitrogen and oxygen atoms in total. The van der Waals surface area contributed by atoms with E-state index in [9.17, 15) is 14.0 Å². The molecule has 2 aromatic rings. The molecule has 0 aliphatic heterocycles. The zero-order chi connectivity index (χ0) is 19.1. The van der Waals surface area contributed by atoms with E-state index in [1.165, 1.54) is 24.1 Å². The summed E-state index contributed by atoms with van der Waals surface area (Å²) in [5.41, 5.74) is 6.64. The number of nitrogens with zero attached hydrogens (tertiary/aromatic N) is 1. The van der Waals surface area contributed by atoms with Crippen molar-refractivity contribution in [3.05, 3.63) is 65.5 Å². The second kappa shape index (κ2) is 8.84. The van der Waals surface area contributed by atoms with E-state index < -0.39 is 17.9 Å². The number of halogens is 1. The molecule has 0 saturated carbocycles. The topological polar surface area (TPSA) is 84.7 Å². The van der Waals surface area contributed by atoms with Gasteiger partial charge in [-0.2, -0.15) is 0 Å². The molecule has 0 saturated heterocycles. The average Bonchev–Trinajstić information content (AvgIpc) is 2.61. The largest absolute Gasteiger partial charge is 0.494 e. The van der Waals surface area contributed by atoms with Gasteiger partial charge in [-0.05, 0) is 23.3 Å². The Labute approximate surface area is 151 Å². The number of ether oxygens (including phenoxy) is 1. The molecule has 0 heterocycles. The number of carbonyl (C=O) groups excluding carboxylic acids is 2. The first-order chi connectivity index (χ1) is 12.4. The maximum atomic E-state index is 13.8. The van der Waals surface area contributed by atoms with Crippen molar-refractivity contribution in [3.8, 4) is 5.75 Å². The number of hydrogen-bond donors (Lipinski definition) is 2. The number of carbonyl (C=O) groups is 2. The molecule has 0 bridgehead atoms. The molecular formula is C19H22FN3O3. The average molecular weight is 359 g/mol. The van der Waals surface area contributed by atoms with Crippen molar-refractivity contribution in [1.82, 2.24) is 10.2 Å². The minimum atomic E-state index is -0.702. The van der Waals surface area contributed by atoms with Gasteiger partial charge in [0.1, 0.15) is 0 Å². The smallest absolute Gasteiger partial charge is 0.312 e. The van der Waals surface area contributed by atoms with Crippen molar-refractivity contribution in [2.75, 3.05) is 14.2 Å². The normalized spacial score (nSPS) is 11.5. The fraction of sp³-hybridized carbons (Fsp3) is 0.263. The molecule has 138 valence electrons. The lowest BCUT2D eigenvalue weighted by molar-refractivity contribution is -0.130. The predicted octanol–water partition coefficient (Wildman–Crippen LogP) is 2.59. The van der Waals surface area contributed by atoms with Gasteiger partial charge >= 0.3 is 6.03 Å². The highest BCUT2D eigenvalue weighted by Gasteiger charge is 2.20. The summed E-state index contributed by atoms with van der Waals surface area (Å²) in [6, 6.07) is 12.4. The number of benzene rings is 2. The molecule has 2 rings (SSSR count).